The molecule has 0 aliphatic carbocycles. The van der Waals surface area contributed by atoms with E-state index in [1.807, 2.05) is 6.08 Å². The number of morpholine rings is 1. The second-order valence-corrected chi connectivity index (χ2v) is 10.5. The fourth-order valence-corrected chi connectivity index (χ4v) is 5.82. The molecule has 2 unspecified atom stereocenters. The average Bonchev–Trinajstić information content (AvgIpc) is 3.37. The van der Waals surface area contributed by atoms with Gasteiger partial charge >= 0.3 is 0 Å². The molecule has 2 atom stereocenters. The maximum Gasteiger partial charge on any atom is 0.146 e. The van der Waals surface area contributed by atoms with E-state index in [0.717, 1.165) is 60.1 Å². The Morgan fingerprint density at radius 3 is 2.86 bits per heavy atom. The van der Waals surface area contributed by atoms with Crippen LogP contribution in [0.2, 0.25) is 0 Å². The number of allylic oxidation sites excluding steroid dienone is 1. The van der Waals surface area contributed by atoms with Gasteiger partial charge in [0.2, 0.25) is 0 Å². The maximum atomic E-state index is 10.6. The van der Waals surface area contributed by atoms with Crippen LogP contribution in [0.1, 0.15) is 42.9 Å². The molecule has 37 heavy (non-hydrogen) atoms. The Morgan fingerprint density at radius 1 is 1.11 bits per heavy atom. The highest BCUT2D eigenvalue weighted by Crippen LogP contribution is 2.42. The molecule has 3 N–H and O–H groups in total. The number of unbranched alkanes of at least 4 members (excludes halogenated alkanes) is 1. The van der Waals surface area contributed by atoms with Gasteiger partial charge in [-0.3, -0.25) is 0 Å². The van der Waals surface area contributed by atoms with E-state index in [2.05, 4.69) is 69.8 Å². The number of anilines is 1. The largest absolute Gasteiger partial charge is 0.456 e. The minimum Gasteiger partial charge on any atom is -0.456 e. The van der Waals surface area contributed by atoms with Crippen molar-refractivity contribution >= 4 is 11.4 Å². The highest BCUT2D eigenvalue weighted by Gasteiger charge is 2.26. The second kappa shape index (κ2) is 10.8. The van der Waals surface area contributed by atoms with E-state index in [4.69, 9.17) is 9.47 Å². The van der Waals surface area contributed by atoms with E-state index in [1.165, 1.54) is 43.6 Å². The molecule has 4 aliphatic rings. The lowest BCUT2D eigenvalue weighted by molar-refractivity contribution is 0.0541. The molecule has 4 aliphatic heterocycles. The number of dihydropyridines is 1. The van der Waals surface area contributed by atoms with E-state index in [1.54, 1.807) is 0 Å². The summed E-state index contributed by atoms with van der Waals surface area (Å²) in [7, 11) is 0. The van der Waals surface area contributed by atoms with Crippen LogP contribution < -0.4 is 15.4 Å². The summed E-state index contributed by atoms with van der Waals surface area (Å²) in [5, 5.41) is 17.6. The molecule has 0 spiro atoms. The minimum atomic E-state index is -0.744. The number of aliphatic hydroxyl groups is 1. The third kappa shape index (κ3) is 5.35. The van der Waals surface area contributed by atoms with Crippen molar-refractivity contribution in [1.29, 1.82) is 0 Å². The van der Waals surface area contributed by atoms with Gasteiger partial charge in [0.25, 0.3) is 0 Å². The lowest BCUT2D eigenvalue weighted by atomic mass is 9.95. The SMILES string of the molecule is CCCCN1CCC(Nc2ccc3c(c2)Cc2cccc(C4=CC(N5CCOCC5)=CC(O)N4)c2O3)C1. The van der Waals surface area contributed by atoms with Crippen molar-refractivity contribution < 1.29 is 14.6 Å². The number of nitrogens with zero attached hydrogens (tertiary/aromatic N) is 2. The molecular formula is C30H38N4O3. The predicted molar refractivity (Wildman–Crippen MR) is 147 cm³/mol. The smallest absolute Gasteiger partial charge is 0.146 e. The number of ether oxygens (including phenoxy) is 2. The van der Waals surface area contributed by atoms with Gasteiger partial charge < -0.3 is 35.0 Å². The van der Waals surface area contributed by atoms with Gasteiger partial charge in [0.1, 0.15) is 17.7 Å². The Balaban J connectivity index is 1.19. The predicted octanol–water partition coefficient (Wildman–Crippen LogP) is 4.15. The Hall–Kier alpha value is -3.00. The zero-order valence-corrected chi connectivity index (χ0v) is 21.7. The number of hydrogen-bond acceptors (Lipinski definition) is 7. The molecule has 0 bridgehead atoms. The van der Waals surface area contributed by atoms with Gasteiger partial charge in [-0.15, -0.1) is 0 Å². The maximum absolute atomic E-state index is 10.6. The number of hydrogen-bond donors (Lipinski definition) is 3. The van der Waals surface area contributed by atoms with Gasteiger partial charge in [-0.1, -0.05) is 25.5 Å². The van der Waals surface area contributed by atoms with Crippen LogP contribution in [0, 0.1) is 0 Å². The van der Waals surface area contributed by atoms with Gasteiger partial charge in [-0.05, 0) is 61.4 Å². The summed E-state index contributed by atoms with van der Waals surface area (Å²) in [6, 6.07) is 13.3. The van der Waals surface area contributed by atoms with Crippen LogP contribution in [-0.4, -0.2) is 73.1 Å². The quantitative estimate of drug-likeness (QED) is 0.449. The van der Waals surface area contributed by atoms with Crippen molar-refractivity contribution in [3.63, 3.8) is 0 Å². The summed E-state index contributed by atoms with van der Waals surface area (Å²) >= 11 is 0. The van der Waals surface area contributed by atoms with E-state index in [-0.39, 0.29) is 0 Å². The highest BCUT2D eigenvalue weighted by molar-refractivity contribution is 5.75. The standard InChI is InChI=1S/C30H38N4O3/c1-2-3-10-33-11-9-24(20-33)31-23-7-8-28-22(17-23)16-21-5-4-6-26(30(21)37-28)27-18-25(19-29(35)32-27)34-12-14-36-15-13-34/h4-8,17-19,24,29,31-32,35H,2-3,9-16,20H2,1H3. The number of fused-ring (bicyclic) bond motifs is 2. The molecule has 6 rings (SSSR count). The highest BCUT2D eigenvalue weighted by atomic mass is 16.5. The van der Waals surface area contributed by atoms with Gasteiger partial charge in [0.05, 0.1) is 13.2 Å². The number of nitrogens with one attached hydrogen (secondary N) is 2. The molecule has 7 heteroatoms. The molecule has 0 radical (unpaired) electrons. The molecule has 2 aromatic rings. The van der Waals surface area contributed by atoms with E-state index in [9.17, 15) is 5.11 Å². The summed E-state index contributed by atoms with van der Waals surface area (Å²) in [5.41, 5.74) is 6.41. The molecule has 0 amide bonds. The zero-order valence-electron chi connectivity index (χ0n) is 21.7. The van der Waals surface area contributed by atoms with Crippen molar-refractivity contribution in [1.82, 2.24) is 15.1 Å². The first-order valence-corrected chi connectivity index (χ1v) is 13.8. The Bertz CT molecular complexity index is 1190. The topological polar surface area (TPSA) is 69.2 Å². The van der Waals surface area contributed by atoms with Gasteiger partial charge in [-0.25, -0.2) is 0 Å². The summed E-state index contributed by atoms with van der Waals surface area (Å²) < 4.78 is 12.0. The van der Waals surface area contributed by atoms with Crippen LogP contribution in [-0.2, 0) is 11.2 Å². The molecule has 4 heterocycles. The Labute approximate surface area is 219 Å². The lowest BCUT2D eigenvalue weighted by Gasteiger charge is -2.33. The molecule has 2 saturated heterocycles. The van der Waals surface area contributed by atoms with Crippen molar-refractivity contribution in [2.75, 3.05) is 51.3 Å². The summed E-state index contributed by atoms with van der Waals surface area (Å²) in [6.45, 7) is 8.84. The Morgan fingerprint density at radius 2 is 2.00 bits per heavy atom. The van der Waals surface area contributed by atoms with Crippen LogP contribution in [0.25, 0.3) is 5.70 Å². The second-order valence-electron chi connectivity index (χ2n) is 10.5. The van der Waals surface area contributed by atoms with Crippen LogP contribution in [0.5, 0.6) is 11.5 Å². The van der Waals surface area contributed by atoms with Crippen LogP contribution in [0.4, 0.5) is 5.69 Å². The molecule has 0 aromatic heterocycles. The molecule has 7 nitrogen and oxygen atoms in total. The lowest BCUT2D eigenvalue weighted by Crippen LogP contribution is -2.38. The van der Waals surface area contributed by atoms with Crippen LogP contribution >= 0.6 is 0 Å². The molecule has 2 fully saturated rings. The molecule has 0 saturated carbocycles. The normalized spacial score (nSPS) is 23.4. The zero-order chi connectivity index (χ0) is 25.2. The first kappa shape index (κ1) is 24.3. The van der Waals surface area contributed by atoms with E-state index < -0.39 is 6.23 Å². The van der Waals surface area contributed by atoms with Crippen molar-refractivity contribution in [2.45, 2.75) is 44.9 Å². The van der Waals surface area contributed by atoms with E-state index >= 15 is 0 Å². The monoisotopic (exact) mass is 502 g/mol. The van der Waals surface area contributed by atoms with Crippen molar-refractivity contribution in [3.05, 3.63) is 70.9 Å². The number of rotatable bonds is 7. The molecular weight excluding hydrogens is 464 g/mol. The van der Waals surface area contributed by atoms with Crippen LogP contribution in [0.3, 0.4) is 0 Å². The first-order chi connectivity index (χ1) is 18.2. The average molecular weight is 503 g/mol. The summed E-state index contributed by atoms with van der Waals surface area (Å²) in [5.74, 6) is 1.77. The van der Waals surface area contributed by atoms with Gasteiger partial charge in [-0.2, -0.15) is 0 Å². The van der Waals surface area contributed by atoms with Crippen molar-refractivity contribution in [2.24, 2.45) is 0 Å². The fraction of sp³-hybridized carbons (Fsp3) is 0.467. The number of aliphatic hydroxyl groups excluding tert-OH is 1. The van der Waals surface area contributed by atoms with Crippen molar-refractivity contribution in [3.8, 4) is 11.5 Å². The van der Waals surface area contributed by atoms with E-state index in [0.29, 0.717) is 19.3 Å². The Kier molecular flexibility index (Phi) is 7.09. The third-order valence-electron chi connectivity index (χ3n) is 7.81. The van der Waals surface area contributed by atoms with Crippen LogP contribution in [0.15, 0.2) is 54.2 Å². The molecule has 196 valence electrons. The molecule has 2 aromatic carbocycles. The van der Waals surface area contributed by atoms with Gasteiger partial charge in [0, 0.05) is 66.9 Å². The fourth-order valence-electron chi connectivity index (χ4n) is 5.82. The summed E-state index contributed by atoms with van der Waals surface area (Å²) in [6.07, 6.45) is 7.78. The summed E-state index contributed by atoms with van der Waals surface area (Å²) in [4.78, 5) is 4.84. The van der Waals surface area contributed by atoms with Gasteiger partial charge in [0.15, 0.2) is 0 Å². The number of para-hydroxylation sites is 1. The number of likely N-dealkylation sites (tertiary alicyclic amines) is 1. The number of benzene rings is 2. The third-order valence-corrected chi connectivity index (χ3v) is 7.81. The minimum absolute atomic E-state index is 0.503. The first-order valence-electron chi connectivity index (χ1n) is 13.8.